The van der Waals surface area contributed by atoms with E-state index >= 15 is 0 Å². The van der Waals surface area contributed by atoms with Gasteiger partial charge in [0.1, 0.15) is 12.9 Å². The fourth-order valence-corrected chi connectivity index (χ4v) is 1.50. The number of hydrogen-bond acceptors (Lipinski definition) is 5. The van der Waals surface area contributed by atoms with Crippen LogP contribution in [0, 0.1) is 0 Å². The van der Waals surface area contributed by atoms with Gasteiger partial charge in [0.2, 0.25) is 5.89 Å². The van der Waals surface area contributed by atoms with Crippen molar-refractivity contribution < 1.29 is 23.8 Å². The predicted octanol–water partition coefficient (Wildman–Crippen LogP) is 2.38. The normalized spacial score (nSPS) is 10.0. The lowest BCUT2D eigenvalue weighted by molar-refractivity contribution is 0.0549. The van der Waals surface area contributed by atoms with Crippen LogP contribution in [0.2, 0.25) is 0 Å². The van der Waals surface area contributed by atoms with Gasteiger partial charge in [-0.25, -0.2) is 14.6 Å². The second-order valence-electron chi connectivity index (χ2n) is 3.81. The summed E-state index contributed by atoms with van der Waals surface area (Å²) in [6.45, 7) is 3.57. The molecule has 6 nitrogen and oxygen atoms in total. The van der Waals surface area contributed by atoms with Crippen LogP contribution in [0.5, 0.6) is 0 Å². The van der Waals surface area contributed by atoms with Gasteiger partial charge in [-0.3, -0.25) is 0 Å². The molecule has 1 aromatic carbocycles. The summed E-state index contributed by atoms with van der Waals surface area (Å²) >= 11 is 0. The number of aromatic nitrogens is 1. The average Bonchev–Trinajstić information content (AvgIpc) is 2.95. The number of esters is 1. The van der Waals surface area contributed by atoms with Gasteiger partial charge in [-0.15, -0.1) is 0 Å². The molecule has 1 N–H and O–H groups in total. The Kier molecular flexibility index (Phi) is 3.95. The van der Waals surface area contributed by atoms with Crippen LogP contribution >= 0.6 is 0 Å². The molecule has 0 aliphatic carbocycles. The van der Waals surface area contributed by atoms with Crippen molar-refractivity contribution in [2.24, 2.45) is 0 Å². The van der Waals surface area contributed by atoms with E-state index in [9.17, 15) is 9.59 Å². The second-order valence-corrected chi connectivity index (χ2v) is 3.81. The molecule has 102 valence electrons. The molecule has 0 radical (unpaired) electrons. The van der Waals surface area contributed by atoms with E-state index in [0.717, 1.165) is 6.26 Å². The Balaban J connectivity index is 2.26. The Morgan fingerprint density at radius 2 is 2.25 bits per heavy atom. The zero-order valence-electron chi connectivity index (χ0n) is 10.4. The van der Waals surface area contributed by atoms with E-state index in [0.29, 0.717) is 11.1 Å². The van der Waals surface area contributed by atoms with E-state index in [1.54, 1.807) is 18.2 Å². The van der Waals surface area contributed by atoms with Gasteiger partial charge in [0, 0.05) is 5.56 Å². The van der Waals surface area contributed by atoms with Gasteiger partial charge < -0.3 is 14.3 Å². The first-order valence-corrected chi connectivity index (χ1v) is 5.69. The number of nitrogens with zero attached hydrogens (tertiary/aromatic N) is 1. The average molecular weight is 273 g/mol. The number of aromatic carboxylic acids is 1. The standard InChI is InChI=1S/C14H11NO5/c1-2-6-19-14(18)10-5-3-4-9(7-10)12-15-11(8-20-12)13(16)17/h2-5,7-8H,1,6H2,(H,16,17). The molecule has 0 aliphatic rings. The number of carbonyl (C=O) groups is 2. The number of carboxylic acid groups (broad SMARTS) is 1. The van der Waals surface area contributed by atoms with Crippen molar-refractivity contribution in [2.45, 2.75) is 0 Å². The molecule has 0 unspecified atom stereocenters. The molecule has 0 bridgehead atoms. The van der Waals surface area contributed by atoms with Gasteiger partial charge in [0.15, 0.2) is 5.69 Å². The van der Waals surface area contributed by atoms with Crippen LogP contribution in [0.4, 0.5) is 0 Å². The summed E-state index contributed by atoms with van der Waals surface area (Å²) in [5.74, 6) is -1.56. The quantitative estimate of drug-likeness (QED) is 0.664. The van der Waals surface area contributed by atoms with Gasteiger partial charge in [-0.05, 0) is 18.2 Å². The van der Waals surface area contributed by atoms with Crippen molar-refractivity contribution in [3.8, 4) is 11.5 Å². The highest BCUT2D eigenvalue weighted by Crippen LogP contribution is 2.20. The molecule has 20 heavy (non-hydrogen) atoms. The van der Waals surface area contributed by atoms with Crippen LogP contribution in [0.15, 0.2) is 47.6 Å². The molecule has 0 aliphatic heterocycles. The number of ether oxygens (including phenoxy) is 1. The van der Waals surface area contributed by atoms with E-state index in [4.69, 9.17) is 14.3 Å². The Morgan fingerprint density at radius 3 is 2.90 bits per heavy atom. The lowest BCUT2D eigenvalue weighted by Gasteiger charge is -2.02. The minimum Gasteiger partial charge on any atom is -0.476 e. The maximum atomic E-state index is 11.7. The molecule has 0 saturated heterocycles. The van der Waals surface area contributed by atoms with Gasteiger partial charge in [0.05, 0.1) is 5.56 Å². The highest BCUT2D eigenvalue weighted by molar-refractivity contribution is 5.91. The predicted molar refractivity (Wildman–Crippen MR) is 69.4 cm³/mol. The largest absolute Gasteiger partial charge is 0.476 e. The maximum Gasteiger partial charge on any atom is 0.357 e. The van der Waals surface area contributed by atoms with E-state index in [1.807, 2.05) is 0 Å². The van der Waals surface area contributed by atoms with Gasteiger partial charge in [-0.2, -0.15) is 0 Å². The SMILES string of the molecule is C=CCOC(=O)c1cccc(-c2nc(C(=O)O)co2)c1. The first-order chi connectivity index (χ1) is 9.61. The van der Waals surface area contributed by atoms with Crippen molar-refractivity contribution in [2.75, 3.05) is 6.61 Å². The molecule has 0 amide bonds. The van der Waals surface area contributed by atoms with Gasteiger partial charge in [-0.1, -0.05) is 18.7 Å². The third-order valence-electron chi connectivity index (χ3n) is 2.40. The number of hydrogen-bond donors (Lipinski definition) is 1. The Bertz CT molecular complexity index is 659. The van der Waals surface area contributed by atoms with Crippen LogP contribution in [0.1, 0.15) is 20.8 Å². The summed E-state index contributed by atoms with van der Waals surface area (Å²) in [5.41, 5.74) is 0.615. The highest BCUT2D eigenvalue weighted by atomic mass is 16.5. The number of carbonyl (C=O) groups excluding carboxylic acids is 1. The summed E-state index contributed by atoms with van der Waals surface area (Å²) in [4.78, 5) is 26.2. The van der Waals surface area contributed by atoms with Crippen LogP contribution in [0.3, 0.4) is 0 Å². The molecule has 0 atom stereocenters. The molecule has 2 aromatic rings. The van der Waals surface area contributed by atoms with Crippen molar-refractivity contribution in [3.05, 3.63) is 54.4 Å². The minimum absolute atomic E-state index is 0.116. The lowest BCUT2D eigenvalue weighted by Crippen LogP contribution is -2.04. The summed E-state index contributed by atoms with van der Waals surface area (Å²) < 4.78 is 9.98. The highest BCUT2D eigenvalue weighted by Gasteiger charge is 2.14. The fourth-order valence-electron chi connectivity index (χ4n) is 1.50. The Morgan fingerprint density at radius 1 is 1.45 bits per heavy atom. The molecule has 2 rings (SSSR count). The zero-order chi connectivity index (χ0) is 14.5. The molecule has 0 spiro atoms. The maximum absolute atomic E-state index is 11.7. The van der Waals surface area contributed by atoms with Crippen LogP contribution in [-0.4, -0.2) is 28.6 Å². The Labute approximate surface area is 114 Å². The molecule has 6 heteroatoms. The molecule has 0 fully saturated rings. The zero-order valence-corrected chi connectivity index (χ0v) is 10.4. The number of carboxylic acids is 1. The summed E-state index contributed by atoms with van der Waals surface area (Å²) in [5, 5.41) is 8.78. The van der Waals surface area contributed by atoms with Crippen LogP contribution in [0.25, 0.3) is 11.5 Å². The first-order valence-electron chi connectivity index (χ1n) is 5.69. The third kappa shape index (κ3) is 2.92. The van der Waals surface area contributed by atoms with Gasteiger partial charge in [0.25, 0.3) is 0 Å². The molecule has 1 aromatic heterocycles. The summed E-state index contributed by atoms with van der Waals surface area (Å²) in [7, 11) is 0. The topological polar surface area (TPSA) is 89.6 Å². The number of benzene rings is 1. The molecule has 0 saturated carbocycles. The summed E-state index contributed by atoms with van der Waals surface area (Å²) in [6, 6.07) is 6.38. The first kappa shape index (κ1) is 13.5. The fraction of sp³-hybridized carbons (Fsp3) is 0.0714. The monoisotopic (exact) mass is 273 g/mol. The third-order valence-corrected chi connectivity index (χ3v) is 2.40. The Hall–Kier alpha value is -2.89. The lowest BCUT2D eigenvalue weighted by atomic mass is 10.1. The summed E-state index contributed by atoms with van der Waals surface area (Å²) in [6.07, 6.45) is 2.51. The van der Waals surface area contributed by atoms with E-state index in [2.05, 4.69) is 11.6 Å². The number of oxazole rings is 1. The molecular formula is C14H11NO5. The van der Waals surface area contributed by atoms with E-state index in [1.165, 1.54) is 12.1 Å². The minimum atomic E-state index is -1.18. The van der Waals surface area contributed by atoms with Crippen molar-refractivity contribution in [3.63, 3.8) is 0 Å². The van der Waals surface area contributed by atoms with Gasteiger partial charge >= 0.3 is 11.9 Å². The molecular weight excluding hydrogens is 262 g/mol. The molecule has 1 heterocycles. The van der Waals surface area contributed by atoms with Crippen LogP contribution in [-0.2, 0) is 4.74 Å². The van der Waals surface area contributed by atoms with Crippen molar-refractivity contribution in [1.29, 1.82) is 0 Å². The van der Waals surface area contributed by atoms with E-state index < -0.39 is 11.9 Å². The second kappa shape index (κ2) is 5.83. The van der Waals surface area contributed by atoms with Crippen LogP contribution < -0.4 is 0 Å². The number of rotatable bonds is 5. The van der Waals surface area contributed by atoms with Crippen molar-refractivity contribution in [1.82, 2.24) is 4.98 Å². The smallest absolute Gasteiger partial charge is 0.357 e. The van der Waals surface area contributed by atoms with E-state index in [-0.39, 0.29) is 18.2 Å². The van der Waals surface area contributed by atoms with Crippen molar-refractivity contribution >= 4 is 11.9 Å².